The Labute approximate surface area is 221 Å². The van der Waals surface area contributed by atoms with Crippen LogP contribution in [0.15, 0.2) is 60.2 Å². The van der Waals surface area contributed by atoms with Crippen molar-refractivity contribution in [1.82, 2.24) is 5.32 Å². The van der Waals surface area contributed by atoms with Crippen molar-refractivity contribution in [1.29, 1.82) is 0 Å². The van der Waals surface area contributed by atoms with Crippen molar-refractivity contribution in [2.45, 2.75) is 20.5 Å². The fraction of sp³-hybridized carbons (Fsp3) is 0.115. The molecule has 11 heteroatoms. The maximum atomic E-state index is 13.2. The van der Waals surface area contributed by atoms with E-state index in [1.807, 2.05) is 19.9 Å². The second-order valence-corrected chi connectivity index (χ2v) is 9.15. The molecule has 1 N–H and O–H groups in total. The molecule has 3 aromatic rings. The molecule has 4 rings (SSSR count). The molecule has 0 radical (unpaired) electrons. The summed E-state index contributed by atoms with van der Waals surface area (Å²) in [4.78, 5) is 49.5. The largest absolute Gasteiger partial charge is 0.486 e. The van der Waals surface area contributed by atoms with Crippen molar-refractivity contribution in [2.24, 2.45) is 0 Å². The van der Waals surface area contributed by atoms with Gasteiger partial charge in [0.1, 0.15) is 12.2 Å². The Bertz CT molecular complexity index is 1460. The first kappa shape index (κ1) is 25.9. The third kappa shape index (κ3) is 5.63. The van der Waals surface area contributed by atoms with Crippen LogP contribution in [0.2, 0.25) is 10.0 Å². The molecule has 188 valence electrons. The molecular formula is C26H19Cl2N3O6. The highest BCUT2D eigenvalue weighted by Crippen LogP contribution is 2.36. The maximum absolute atomic E-state index is 13.2. The van der Waals surface area contributed by atoms with E-state index in [1.54, 1.807) is 18.2 Å². The number of benzene rings is 3. The van der Waals surface area contributed by atoms with E-state index in [0.717, 1.165) is 16.0 Å². The molecule has 1 saturated heterocycles. The Morgan fingerprint density at radius 2 is 1.65 bits per heavy atom. The molecule has 1 heterocycles. The van der Waals surface area contributed by atoms with E-state index >= 15 is 0 Å². The predicted molar refractivity (Wildman–Crippen MR) is 139 cm³/mol. The lowest BCUT2D eigenvalue weighted by Crippen LogP contribution is -2.54. The summed E-state index contributed by atoms with van der Waals surface area (Å²) in [6, 6.07) is 13.2. The van der Waals surface area contributed by atoms with Crippen molar-refractivity contribution >= 4 is 58.5 Å². The first-order valence-electron chi connectivity index (χ1n) is 10.9. The van der Waals surface area contributed by atoms with Crippen LogP contribution in [-0.4, -0.2) is 22.8 Å². The quantitative estimate of drug-likeness (QED) is 0.184. The number of nitro groups is 1. The van der Waals surface area contributed by atoms with Crippen LogP contribution in [-0.2, 0) is 16.2 Å². The SMILES string of the molecule is Cc1cc(C)cc(N2C(=O)NC(=O)/C(=C\c3cc(Cl)c(OCc4cccc([N+](=O)[O-])c4)c(Cl)c3)C2=O)c1. The lowest BCUT2D eigenvalue weighted by atomic mass is 10.1. The molecule has 0 aromatic heterocycles. The van der Waals surface area contributed by atoms with Crippen LogP contribution in [0.4, 0.5) is 16.2 Å². The Morgan fingerprint density at radius 3 is 2.27 bits per heavy atom. The van der Waals surface area contributed by atoms with E-state index in [1.165, 1.54) is 36.4 Å². The molecule has 1 fully saturated rings. The number of imide groups is 2. The lowest BCUT2D eigenvalue weighted by Gasteiger charge is -2.27. The van der Waals surface area contributed by atoms with Gasteiger partial charge in [0.2, 0.25) is 0 Å². The summed E-state index contributed by atoms with van der Waals surface area (Å²) in [5.41, 5.74) is 2.52. The molecule has 37 heavy (non-hydrogen) atoms. The summed E-state index contributed by atoms with van der Waals surface area (Å²) in [6.45, 7) is 3.63. The minimum absolute atomic E-state index is 0.0323. The van der Waals surface area contributed by atoms with E-state index in [4.69, 9.17) is 27.9 Å². The van der Waals surface area contributed by atoms with Gasteiger partial charge in [-0.1, -0.05) is 41.4 Å². The number of barbiturate groups is 1. The van der Waals surface area contributed by atoms with Crippen LogP contribution in [0, 0.1) is 24.0 Å². The number of non-ortho nitro benzene ring substituents is 1. The Kier molecular flexibility index (Phi) is 7.28. The van der Waals surface area contributed by atoms with E-state index in [0.29, 0.717) is 16.8 Å². The summed E-state index contributed by atoms with van der Waals surface area (Å²) in [5.74, 6) is -1.52. The molecule has 3 aromatic carbocycles. The number of carbonyl (C=O) groups excluding carboxylic acids is 3. The molecule has 9 nitrogen and oxygen atoms in total. The smallest absolute Gasteiger partial charge is 0.335 e. The summed E-state index contributed by atoms with van der Waals surface area (Å²) >= 11 is 12.7. The zero-order chi connectivity index (χ0) is 26.9. The van der Waals surface area contributed by atoms with E-state index in [-0.39, 0.29) is 33.7 Å². The predicted octanol–water partition coefficient (Wildman–Crippen LogP) is 5.76. The molecule has 1 aliphatic heterocycles. The van der Waals surface area contributed by atoms with Crippen LogP contribution in [0.3, 0.4) is 0 Å². The lowest BCUT2D eigenvalue weighted by molar-refractivity contribution is -0.384. The van der Waals surface area contributed by atoms with Crippen molar-refractivity contribution in [3.63, 3.8) is 0 Å². The van der Waals surface area contributed by atoms with Crippen LogP contribution in [0.1, 0.15) is 22.3 Å². The van der Waals surface area contributed by atoms with Gasteiger partial charge in [-0.05, 0) is 66.4 Å². The van der Waals surface area contributed by atoms with E-state index in [2.05, 4.69) is 5.32 Å². The molecule has 0 saturated carbocycles. The third-order valence-electron chi connectivity index (χ3n) is 5.40. The zero-order valence-corrected chi connectivity index (χ0v) is 21.1. The fourth-order valence-electron chi connectivity index (χ4n) is 3.85. The molecule has 0 aliphatic carbocycles. The minimum Gasteiger partial charge on any atom is -0.486 e. The van der Waals surface area contributed by atoms with Crippen molar-refractivity contribution in [3.8, 4) is 5.75 Å². The number of nitro benzene ring substituents is 1. The van der Waals surface area contributed by atoms with Crippen molar-refractivity contribution in [2.75, 3.05) is 4.90 Å². The Hall–Kier alpha value is -4.21. The number of ether oxygens (including phenoxy) is 1. The number of nitrogens with one attached hydrogen (secondary N) is 1. The van der Waals surface area contributed by atoms with E-state index < -0.39 is 22.8 Å². The number of halogens is 2. The standard InChI is InChI=1S/C26H19Cl2N3O6/c1-14-6-15(2)8-19(7-14)30-25(33)20(24(32)29-26(30)34)10-17-11-21(27)23(22(28)12-17)37-13-16-4-3-5-18(9-16)31(35)36/h3-12H,13H2,1-2H3,(H,29,32,34)/b20-10+. The number of carbonyl (C=O) groups is 3. The number of hydrogen-bond acceptors (Lipinski definition) is 6. The Morgan fingerprint density at radius 1 is 1.00 bits per heavy atom. The van der Waals surface area contributed by atoms with Gasteiger partial charge in [-0.3, -0.25) is 25.0 Å². The van der Waals surface area contributed by atoms with Crippen LogP contribution in [0.25, 0.3) is 6.08 Å². The highest BCUT2D eigenvalue weighted by molar-refractivity contribution is 6.40. The van der Waals surface area contributed by atoms with Gasteiger partial charge in [0.25, 0.3) is 17.5 Å². The summed E-state index contributed by atoms with van der Waals surface area (Å²) in [5, 5.41) is 13.3. The number of amides is 4. The summed E-state index contributed by atoms with van der Waals surface area (Å²) < 4.78 is 5.68. The molecule has 1 aliphatic rings. The van der Waals surface area contributed by atoms with Gasteiger partial charge < -0.3 is 4.74 Å². The van der Waals surface area contributed by atoms with Gasteiger partial charge in [0.15, 0.2) is 5.75 Å². The molecule has 4 amide bonds. The second kappa shape index (κ2) is 10.4. The summed E-state index contributed by atoms with van der Waals surface area (Å²) in [6.07, 6.45) is 1.28. The molecular weight excluding hydrogens is 521 g/mol. The van der Waals surface area contributed by atoms with Gasteiger partial charge in [-0.2, -0.15) is 0 Å². The molecule has 0 bridgehead atoms. The number of urea groups is 1. The topological polar surface area (TPSA) is 119 Å². The van der Waals surface area contributed by atoms with Crippen LogP contribution < -0.4 is 15.0 Å². The van der Waals surface area contributed by atoms with Gasteiger partial charge in [-0.15, -0.1) is 0 Å². The normalized spacial score (nSPS) is 14.6. The molecule has 0 atom stereocenters. The monoisotopic (exact) mass is 539 g/mol. The number of rotatable bonds is 6. The first-order chi connectivity index (χ1) is 17.5. The van der Waals surface area contributed by atoms with Gasteiger partial charge in [-0.25, -0.2) is 9.69 Å². The highest BCUT2D eigenvalue weighted by atomic mass is 35.5. The van der Waals surface area contributed by atoms with Crippen LogP contribution in [0.5, 0.6) is 5.75 Å². The fourth-order valence-corrected chi connectivity index (χ4v) is 4.47. The number of anilines is 1. The van der Waals surface area contributed by atoms with Crippen LogP contribution >= 0.6 is 23.2 Å². The van der Waals surface area contributed by atoms with Gasteiger partial charge in [0.05, 0.1) is 20.7 Å². The third-order valence-corrected chi connectivity index (χ3v) is 5.96. The highest BCUT2D eigenvalue weighted by Gasteiger charge is 2.37. The Balaban J connectivity index is 1.61. The zero-order valence-electron chi connectivity index (χ0n) is 19.6. The average Bonchev–Trinajstić information content (AvgIpc) is 2.80. The second-order valence-electron chi connectivity index (χ2n) is 8.33. The number of aryl methyl sites for hydroxylation is 2. The molecule has 0 unspecified atom stereocenters. The van der Waals surface area contributed by atoms with Crippen molar-refractivity contribution < 1.29 is 24.0 Å². The first-order valence-corrected chi connectivity index (χ1v) is 11.6. The average molecular weight is 540 g/mol. The number of hydrogen-bond donors (Lipinski definition) is 1. The van der Waals surface area contributed by atoms with E-state index in [9.17, 15) is 24.5 Å². The maximum Gasteiger partial charge on any atom is 0.335 e. The molecule has 0 spiro atoms. The van der Waals surface area contributed by atoms with Gasteiger partial charge in [0, 0.05) is 12.1 Å². The van der Waals surface area contributed by atoms with Gasteiger partial charge >= 0.3 is 6.03 Å². The number of nitrogens with zero attached hydrogens (tertiary/aromatic N) is 2. The minimum atomic E-state index is -0.853. The van der Waals surface area contributed by atoms with Crippen molar-refractivity contribution in [3.05, 3.63) is 103 Å². The summed E-state index contributed by atoms with van der Waals surface area (Å²) in [7, 11) is 0.